The maximum absolute atomic E-state index is 11.9. The summed E-state index contributed by atoms with van der Waals surface area (Å²) >= 11 is 0. The molecule has 1 rings (SSSR count). The van der Waals surface area contributed by atoms with Crippen LogP contribution in [0.4, 0.5) is 5.69 Å². The van der Waals surface area contributed by atoms with E-state index < -0.39 is 38.5 Å². The Bertz CT molecular complexity index is 744. The number of carbonyl (C=O) groups excluding carboxylic acids is 1. The lowest BCUT2D eigenvalue weighted by Gasteiger charge is -2.07. The highest BCUT2D eigenvalue weighted by molar-refractivity contribution is 7.91. The molecule has 1 aromatic rings. The van der Waals surface area contributed by atoms with Crippen LogP contribution in [-0.4, -0.2) is 59.0 Å². The SMILES string of the molecule is CNc1cccc(C(=O)NCCS(=O)(=O)CCOS(=O)(=O)O)c1. The van der Waals surface area contributed by atoms with Gasteiger partial charge in [-0.25, -0.2) is 12.6 Å². The van der Waals surface area contributed by atoms with Gasteiger partial charge in [-0.3, -0.25) is 9.35 Å². The number of hydrogen-bond donors (Lipinski definition) is 3. The van der Waals surface area contributed by atoms with Crippen LogP contribution in [0.1, 0.15) is 10.4 Å². The quantitative estimate of drug-likeness (QED) is 0.506. The van der Waals surface area contributed by atoms with Crippen molar-refractivity contribution in [1.29, 1.82) is 0 Å². The molecule has 23 heavy (non-hydrogen) atoms. The summed E-state index contributed by atoms with van der Waals surface area (Å²) in [5.41, 5.74) is 1.12. The summed E-state index contributed by atoms with van der Waals surface area (Å²) in [7, 11) is -6.58. The number of sulfone groups is 1. The second-order valence-electron chi connectivity index (χ2n) is 4.49. The van der Waals surface area contributed by atoms with E-state index in [4.69, 9.17) is 4.55 Å². The molecule has 0 radical (unpaired) electrons. The lowest BCUT2D eigenvalue weighted by Crippen LogP contribution is -2.30. The van der Waals surface area contributed by atoms with Crippen LogP contribution in [0.3, 0.4) is 0 Å². The van der Waals surface area contributed by atoms with Gasteiger partial charge in [-0.2, -0.15) is 8.42 Å². The van der Waals surface area contributed by atoms with E-state index in [1.165, 1.54) is 0 Å². The molecule has 0 fully saturated rings. The van der Waals surface area contributed by atoms with Gasteiger partial charge >= 0.3 is 10.4 Å². The first-order valence-electron chi connectivity index (χ1n) is 6.51. The Morgan fingerprint density at radius 3 is 2.52 bits per heavy atom. The van der Waals surface area contributed by atoms with Crippen molar-refractivity contribution in [2.45, 2.75) is 0 Å². The second kappa shape index (κ2) is 8.24. The first kappa shape index (κ1) is 19.4. The fraction of sp³-hybridized carbons (Fsp3) is 0.417. The molecule has 1 amide bonds. The van der Waals surface area contributed by atoms with E-state index in [0.717, 1.165) is 5.69 Å². The van der Waals surface area contributed by atoms with E-state index in [1.54, 1.807) is 31.3 Å². The highest BCUT2D eigenvalue weighted by Crippen LogP contribution is 2.09. The van der Waals surface area contributed by atoms with E-state index in [9.17, 15) is 21.6 Å². The van der Waals surface area contributed by atoms with Crippen molar-refractivity contribution in [1.82, 2.24) is 5.32 Å². The molecule has 9 nitrogen and oxygen atoms in total. The highest BCUT2D eigenvalue weighted by Gasteiger charge is 2.14. The normalized spacial score (nSPS) is 11.9. The van der Waals surface area contributed by atoms with Crippen LogP contribution >= 0.6 is 0 Å². The molecule has 0 bridgehead atoms. The zero-order chi connectivity index (χ0) is 17.5. The van der Waals surface area contributed by atoms with Gasteiger partial charge in [0.1, 0.15) is 0 Å². The first-order valence-corrected chi connectivity index (χ1v) is 9.70. The third-order valence-corrected chi connectivity index (χ3v) is 4.82. The summed E-state index contributed by atoms with van der Waals surface area (Å²) in [5.74, 6) is -1.39. The zero-order valence-corrected chi connectivity index (χ0v) is 14.0. The number of amides is 1. The van der Waals surface area contributed by atoms with Crippen molar-refractivity contribution in [3.63, 3.8) is 0 Å². The van der Waals surface area contributed by atoms with E-state index >= 15 is 0 Å². The van der Waals surface area contributed by atoms with Gasteiger partial charge in [0, 0.05) is 24.8 Å². The van der Waals surface area contributed by atoms with Crippen LogP contribution in [0, 0.1) is 0 Å². The summed E-state index contributed by atoms with van der Waals surface area (Å²) < 4.78 is 56.1. The second-order valence-corrected chi connectivity index (χ2v) is 7.88. The van der Waals surface area contributed by atoms with E-state index in [-0.39, 0.29) is 12.3 Å². The average Bonchev–Trinajstić information content (AvgIpc) is 2.45. The molecule has 1 aromatic carbocycles. The zero-order valence-electron chi connectivity index (χ0n) is 12.4. The minimum atomic E-state index is -4.66. The van der Waals surface area contributed by atoms with Crippen molar-refractivity contribution in [3.05, 3.63) is 29.8 Å². The van der Waals surface area contributed by atoms with Crippen LogP contribution in [0.25, 0.3) is 0 Å². The Morgan fingerprint density at radius 1 is 1.22 bits per heavy atom. The van der Waals surface area contributed by atoms with Crippen molar-refractivity contribution in [2.75, 3.05) is 37.0 Å². The predicted octanol–water partition coefficient (Wildman–Crippen LogP) is -0.308. The molecular weight excluding hydrogens is 348 g/mol. The number of rotatable bonds is 9. The van der Waals surface area contributed by atoms with Gasteiger partial charge in [-0.1, -0.05) is 6.07 Å². The molecule has 0 saturated carbocycles. The molecule has 11 heteroatoms. The molecule has 0 heterocycles. The third-order valence-electron chi connectivity index (χ3n) is 2.74. The minimum Gasteiger partial charge on any atom is -0.388 e. The maximum Gasteiger partial charge on any atom is 0.397 e. The maximum atomic E-state index is 11.9. The molecule has 0 aromatic heterocycles. The van der Waals surface area contributed by atoms with Crippen LogP contribution < -0.4 is 10.6 Å². The summed E-state index contributed by atoms with van der Waals surface area (Å²) in [6, 6.07) is 6.66. The monoisotopic (exact) mass is 366 g/mol. The topological polar surface area (TPSA) is 139 Å². The number of anilines is 1. The molecule has 0 saturated heterocycles. The Labute approximate surface area is 134 Å². The van der Waals surface area contributed by atoms with Crippen molar-refractivity contribution < 1.29 is 30.4 Å². The van der Waals surface area contributed by atoms with Gasteiger partial charge < -0.3 is 10.6 Å². The van der Waals surface area contributed by atoms with Crippen LogP contribution in [0.15, 0.2) is 24.3 Å². The van der Waals surface area contributed by atoms with Crippen LogP contribution in [-0.2, 0) is 24.4 Å². The summed E-state index contributed by atoms with van der Waals surface area (Å²) in [4.78, 5) is 11.9. The van der Waals surface area contributed by atoms with Crippen molar-refractivity contribution in [3.8, 4) is 0 Å². The van der Waals surface area contributed by atoms with Crippen molar-refractivity contribution in [2.24, 2.45) is 0 Å². The lowest BCUT2D eigenvalue weighted by molar-refractivity contribution is 0.0956. The number of hydrogen-bond acceptors (Lipinski definition) is 7. The first-order chi connectivity index (χ1) is 10.6. The number of carbonyl (C=O) groups is 1. The molecule has 130 valence electrons. The van der Waals surface area contributed by atoms with Gasteiger partial charge in [0.2, 0.25) is 0 Å². The Hall–Kier alpha value is -1.69. The Kier molecular flexibility index (Phi) is 6.94. The van der Waals surface area contributed by atoms with Gasteiger partial charge in [0.15, 0.2) is 9.84 Å². The summed E-state index contributed by atoms with van der Waals surface area (Å²) in [6.45, 7) is -0.809. The highest BCUT2D eigenvalue weighted by atomic mass is 32.3. The molecular formula is C12H18N2O7S2. The summed E-state index contributed by atoms with van der Waals surface area (Å²) in [5, 5.41) is 5.34. The largest absolute Gasteiger partial charge is 0.397 e. The predicted molar refractivity (Wildman–Crippen MR) is 84.5 cm³/mol. The fourth-order valence-electron chi connectivity index (χ4n) is 1.61. The van der Waals surface area contributed by atoms with E-state index in [1.807, 2.05) is 0 Å². The van der Waals surface area contributed by atoms with Gasteiger partial charge in [0.25, 0.3) is 5.91 Å². The van der Waals surface area contributed by atoms with Crippen LogP contribution in [0.2, 0.25) is 0 Å². The molecule has 0 aliphatic rings. The fourth-order valence-corrected chi connectivity index (χ4v) is 2.96. The van der Waals surface area contributed by atoms with Crippen LogP contribution in [0.5, 0.6) is 0 Å². The van der Waals surface area contributed by atoms with Crippen molar-refractivity contribution >= 4 is 31.8 Å². The molecule has 0 spiro atoms. The minimum absolute atomic E-state index is 0.128. The smallest absolute Gasteiger partial charge is 0.388 e. The molecule has 0 aliphatic heterocycles. The van der Waals surface area contributed by atoms with E-state index in [0.29, 0.717) is 5.56 Å². The Balaban J connectivity index is 2.44. The number of nitrogens with one attached hydrogen (secondary N) is 2. The van der Waals surface area contributed by atoms with Gasteiger partial charge in [0.05, 0.1) is 18.1 Å². The summed E-state index contributed by atoms with van der Waals surface area (Å²) in [6.07, 6.45) is 0. The Morgan fingerprint density at radius 2 is 1.91 bits per heavy atom. The number of benzene rings is 1. The third kappa shape index (κ3) is 7.93. The lowest BCUT2D eigenvalue weighted by atomic mass is 10.2. The molecule has 0 unspecified atom stereocenters. The standard InChI is InChI=1S/C12H18N2O7S2/c1-13-11-4-2-3-10(9-11)12(15)14-5-7-22(16,17)8-6-21-23(18,19)20/h2-4,9,13H,5-8H2,1H3,(H,14,15)(H,18,19,20). The van der Waals surface area contributed by atoms with Gasteiger partial charge in [-0.15, -0.1) is 0 Å². The molecule has 0 atom stereocenters. The van der Waals surface area contributed by atoms with E-state index in [2.05, 4.69) is 14.8 Å². The van der Waals surface area contributed by atoms with Gasteiger partial charge in [-0.05, 0) is 18.2 Å². The molecule has 3 N–H and O–H groups in total. The molecule has 0 aliphatic carbocycles. The average molecular weight is 366 g/mol.